The topological polar surface area (TPSA) is 76.1 Å². The lowest BCUT2D eigenvalue weighted by atomic mass is 9.89. The number of alkyl halides is 2. The molecular weight excluding hydrogens is 326 g/mol. The molecule has 2 fully saturated rings. The SMILES string of the molecule is O=C(NS(=O)(=O)CCc1ccccn1)[C@H]1CC[C@@H]2[C@H](C1)C2(F)F. The highest BCUT2D eigenvalue weighted by molar-refractivity contribution is 7.90. The summed E-state index contributed by atoms with van der Waals surface area (Å²) in [5.41, 5.74) is 0.614. The summed E-state index contributed by atoms with van der Waals surface area (Å²) in [6, 6.07) is 5.18. The Bertz CT molecular complexity index is 694. The number of nitrogens with one attached hydrogen (secondary N) is 1. The molecule has 23 heavy (non-hydrogen) atoms. The first kappa shape index (κ1) is 16.3. The molecule has 0 unspecified atom stereocenters. The van der Waals surface area contributed by atoms with Gasteiger partial charge in [-0.25, -0.2) is 17.2 Å². The number of carbonyl (C=O) groups is 1. The van der Waals surface area contributed by atoms with E-state index in [0.717, 1.165) is 0 Å². The molecule has 0 bridgehead atoms. The molecule has 0 aliphatic heterocycles. The van der Waals surface area contributed by atoms with E-state index < -0.39 is 39.6 Å². The largest absolute Gasteiger partial charge is 0.274 e. The summed E-state index contributed by atoms with van der Waals surface area (Å²) in [6.45, 7) is 0. The molecular formula is C15H18F2N2O3S. The van der Waals surface area contributed by atoms with Crippen LogP contribution < -0.4 is 4.72 Å². The number of aryl methyl sites for hydroxylation is 1. The zero-order valence-corrected chi connectivity index (χ0v) is 13.2. The zero-order chi connectivity index (χ0) is 16.7. The zero-order valence-electron chi connectivity index (χ0n) is 12.4. The molecule has 2 aliphatic rings. The molecule has 0 saturated heterocycles. The van der Waals surface area contributed by atoms with Crippen LogP contribution in [0, 0.1) is 17.8 Å². The number of hydrogen-bond acceptors (Lipinski definition) is 4. The third-order valence-corrected chi connectivity index (χ3v) is 5.96. The van der Waals surface area contributed by atoms with Gasteiger partial charge in [0.05, 0.1) is 5.75 Å². The van der Waals surface area contributed by atoms with Gasteiger partial charge >= 0.3 is 0 Å². The summed E-state index contributed by atoms with van der Waals surface area (Å²) in [5, 5.41) is 0. The molecule has 0 radical (unpaired) electrons. The maximum absolute atomic E-state index is 13.3. The highest BCUT2D eigenvalue weighted by atomic mass is 32.2. The second-order valence-electron chi connectivity index (χ2n) is 6.25. The van der Waals surface area contributed by atoms with E-state index in [-0.39, 0.29) is 25.0 Å². The summed E-state index contributed by atoms with van der Waals surface area (Å²) >= 11 is 0. The molecule has 0 aromatic carbocycles. The van der Waals surface area contributed by atoms with Gasteiger partial charge in [0.1, 0.15) is 0 Å². The van der Waals surface area contributed by atoms with Gasteiger partial charge in [0, 0.05) is 36.1 Å². The van der Waals surface area contributed by atoms with Crippen LogP contribution in [0.15, 0.2) is 24.4 Å². The fraction of sp³-hybridized carbons (Fsp3) is 0.600. The number of halogens is 2. The smallest absolute Gasteiger partial charge is 0.254 e. The van der Waals surface area contributed by atoms with E-state index in [1.54, 1.807) is 24.4 Å². The van der Waals surface area contributed by atoms with Gasteiger partial charge in [0.2, 0.25) is 15.9 Å². The van der Waals surface area contributed by atoms with Crippen LogP contribution in [-0.4, -0.2) is 31.0 Å². The van der Waals surface area contributed by atoms with Gasteiger partial charge in [-0.2, -0.15) is 0 Å². The first-order valence-electron chi connectivity index (χ1n) is 7.61. The van der Waals surface area contributed by atoms with Gasteiger partial charge < -0.3 is 0 Å². The lowest BCUT2D eigenvalue weighted by molar-refractivity contribution is -0.124. The third-order valence-electron chi connectivity index (χ3n) is 4.71. The molecule has 2 aliphatic carbocycles. The molecule has 126 valence electrons. The number of rotatable bonds is 5. The molecule has 1 amide bonds. The number of sulfonamides is 1. The average Bonchev–Trinajstić information content (AvgIpc) is 3.07. The second kappa shape index (κ2) is 5.81. The van der Waals surface area contributed by atoms with Crippen LogP contribution in [0.5, 0.6) is 0 Å². The Morgan fingerprint density at radius 3 is 2.74 bits per heavy atom. The van der Waals surface area contributed by atoms with E-state index in [0.29, 0.717) is 12.1 Å². The predicted octanol–water partition coefficient (Wildman–Crippen LogP) is 1.75. The second-order valence-corrected chi connectivity index (χ2v) is 8.10. The van der Waals surface area contributed by atoms with Crippen LogP contribution in [0.3, 0.4) is 0 Å². The molecule has 3 rings (SSSR count). The normalized spacial score (nSPS) is 28.7. The number of amides is 1. The number of fused-ring (bicyclic) bond motifs is 1. The molecule has 2 saturated carbocycles. The van der Waals surface area contributed by atoms with E-state index >= 15 is 0 Å². The van der Waals surface area contributed by atoms with Crippen LogP contribution in [0.25, 0.3) is 0 Å². The van der Waals surface area contributed by atoms with Crippen molar-refractivity contribution >= 4 is 15.9 Å². The van der Waals surface area contributed by atoms with Gasteiger partial charge in [-0.1, -0.05) is 6.07 Å². The summed E-state index contributed by atoms with van der Waals surface area (Å²) in [5.74, 6) is -5.62. The van der Waals surface area contributed by atoms with Crippen molar-refractivity contribution in [1.82, 2.24) is 9.71 Å². The number of carbonyl (C=O) groups excluding carboxylic acids is 1. The Morgan fingerprint density at radius 1 is 1.30 bits per heavy atom. The van der Waals surface area contributed by atoms with Gasteiger partial charge in [-0.3, -0.25) is 14.5 Å². The van der Waals surface area contributed by atoms with Crippen molar-refractivity contribution in [3.05, 3.63) is 30.1 Å². The Morgan fingerprint density at radius 2 is 2.09 bits per heavy atom. The highest BCUT2D eigenvalue weighted by Crippen LogP contribution is 2.63. The molecule has 0 spiro atoms. The van der Waals surface area contributed by atoms with Crippen LogP contribution >= 0.6 is 0 Å². The predicted molar refractivity (Wildman–Crippen MR) is 79.1 cm³/mol. The van der Waals surface area contributed by atoms with Crippen LogP contribution in [0.1, 0.15) is 25.0 Å². The Labute approximate surface area is 133 Å². The van der Waals surface area contributed by atoms with Gasteiger partial charge in [-0.05, 0) is 31.4 Å². The summed E-state index contributed by atoms with van der Waals surface area (Å²) in [7, 11) is -3.79. The first-order valence-corrected chi connectivity index (χ1v) is 9.27. The monoisotopic (exact) mass is 344 g/mol. The number of pyridine rings is 1. The molecule has 1 N–H and O–H groups in total. The van der Waals surface area contributed by atoms with Gasteiger partial charge in [0.25, 0.3) is 5.92 Å². The van der Waals surface area contributed by atoms with Gasteiger partial charge in [0.15, 0.2) is 0 Å². The quantitative estimate of drug-likeness (QED) is 0.883. The average molecular weight is 344 g/mol. The molecule has 1 heterocycles. The number of aromatic nitrogens is 1. The van der Waals surface area contributed by atoms with E-state index in [2.05, 4.69) is 4.98 Å². The van der Waals surface area contributed by atoms with E-state index in [1.807, 2.05) is 4.72 Å². The minimum Gasteiger partial charge on any atom is -0.274 e. The molecule has 3 atom stereocenters. The highest BCUT2D eigenvalue weighted by Gasteiger charge is 2.69. The van der Waals surface area contributed by atoms with Crippen LogP contribution in [-0.2, 0) is 21.2 Å². The minimum absolute atomic E-state index is 0.0687. The van der Waals surface area contributed by atoms with Crippen molar-refractivity contribution in [2.75, 3.05) is 5.75 Å². The van der Waals surface area contributed by atoms with Gasteiger partial charge in [-0.15, -0.1) is 0 Å². The Kier molecular flexibility index (Phi) is 4.12. The Balaban J connectivity index is 1.53. The van der Waals surface area contributed by atoms with Crippen molar-refractivity contribution < 1.29 is 22.0 Å². The standard InChI is InChI=1S/C15H18F2N2O3S/c16-15(17)12-5-4-10(9-13(12)15)14(20)19-23(21,22)8-6-11-3-1-2-7-18-11/h1-3,7,10,12-13H,4-6,8-9H2,(H,19,20)/t10-,12+,13-/m0/s1. The first-order chi connectivity index (χ1) is 10.8. The van der Waals surface area contributed by atoms with Crippen molar-refractivity contribution in [3.63, 3.8) is 0 Å². The number of hydrogen-bond donors (Lipinski definition) is 1. The molecule has 8 heteroatoms. The van der Waals surface area contributed by atoms with Crippen molar-refractivity contribution in [2.24, 2.45) is 17.8 Å². The fourth-order valence-electron chi connectivity index (χ4n) is 3.29. The maximum Gasteiger partial charge on any atom is 0.254 e. The maximum atomic E-state index is 13.3. The molecule has 5 nitrogen and oxygen atoms in total. The van der Waals surface area contributed by atoms with Crippen LogP contribution in [0.2, 0.25) is 0 Å². The van der Waals surface area contributed by atoms with E-state index in [4.69, 9.17) is 0 Å². The third kappa shape index (κ3) is 3.52. The number of nitrogens with zero attached hydrogens (tertiary/aromatic N) is 1. The minimum atomic E-state index is -3.79. The van der Waals surface area contributed by atoms with Crippen LogP contribution in [0.4, 0.5) is 8.78 Å². The lowest BCUT2D eigenvalue weighted by Gasteiger charge is -2.19. The summed E-state index contributed by atoms with van der Waals surface area (Å²) < 4.78 is 52.6. The van der Waals surface area contributed by atoms with E-state index in [1.165, 1.54) is 0 Å². The summed E-state index contributed by atoms with van der Waals surface area (Å²) in [6.07, 6.45) is 2.42. The lowest BCUT2D eigenvalue weighted by Crippen LogP contribution is -2.38. The summed E-state index contributed by atoms with van der Waals surface area (Å²) in [4.78, 5) is 16.1. The van der Waals surface area contributed by atoms with Crippen molar-refractivity contribution in [2.45, 2.75) is 31.6 Å². The van der Waals surface area contributed by atoms with Crippen molar-refractivity contribution in [3.8, 4) is 0 Å². The molecule has 1 aromatic rings. The van der Waals surface area contributed by atoms with E-state index in [9.17, 15) is 22.0 Å². The Hall–Kier alpha value is -1.57. The van der Waals surface area contributed by atoms with Crippen molar-refractivity contribution in [1.29, 1.82) is 0 Å². The molecule has 1 aromatic heterocycles. The fourth-order valence-corrected chi connectivity index (χ4v) is 4.34.